The molecule has 1 aromatic rings. The summed E-state index contributed by atoms with van der Waals surface area (Å²) in [5, 5.41) is 8.92. The Bertz CT molecular complexity index is 585. The molecule has 0 unspecified atom stereocenters. The maximum Gasteiger partial charge on any atom is 0.236 e. The third-order valence-electron chi connectivity index (χ3n) is 4.20. The normalized spacial score (nSPS) is 19.5. The van der Waals surface area contributed by atoms with Crippen LogP contribution in [0.5, 0.6) is 0 Å². The fourth-order valence-corrected chi connectivity index (χ4v) is 2.80. The summed E-state index contributed by atoms with van der Waals surface area (Å²) >= 11 is 0. The molecule has 130 valence electrons. The second-order valence-corrected chi connectivity index (χ2v) is 6.11. The minimum Gasteiger partial charge on any atom is -0.371 e. The number of ether oxygens (including phenoxy) is 1. The average molecular weight is 333 g/mol. The molecule has 1 aliphatic heterocycles. The lowest BCUT2D eigenvalue weighted by atomic mass is 10.1. The summed E-state index contributed by atoms with van der Waals surface area (Å²) in [4.78, 5) is 16.2. The molecule has 5 nitrogen and oxygen atoms in total. The summed E-state index contributed by atoms with van der Waals surface area (Å²) in [6, 6.07) is 8.45. The molecular formula is C18H24FN3O2. The molecule has 0 spiro atoms. The first-order chi connectivity index (χ1) is 11.5. The average Bonchev–Trinajstić information content (AvgIpc) is 2.60. The Kier molecular flexibility index (Phi) is 6.71. The van der Waals surface area contributed by atoms with Gasteiger partial charge in [0.05, 0.1) is 31.2 Å². The van der Waals surface area contributed by atoms with Gasteiger partial charge in [-0.25, -0.2) is 4.39 Å². The summed E-state index contributed by atoms with van der Waals surface area (Å²) in [5.41, 5.74) is 0.916. The summed E-state index contributed by atoms with van der Waals surface area (Å²) < 4.78 is 18.8. The standard InChI is InChI=1S/C18H24FN3O2/c1-3-22(11-14(2)10-20)18(23)13-21-8-9-24-17(12-21)15-4-6-16(19)7-5-15/h4-7,14,17H,3,8-9,11-13H2,1-2H3/t14-,17+/m1/s1. The number of rotatable bonds is 6. The predicted octanol–water partition coefficient (Wildman–Crippen LogP) is 2.21. The van der Waals surface area contributed by atoms with Crippen molar-refractivity contribution in [2.45, 2.75) is 20.0 Å². The second kappa shape index (κ2) is 8.76. The Hall–Kier alpha value is -1.97. The maximum atomic E-state index is 13.0. The molecule has 0 radical (unpaired) electrons. The molecule has 1 amide bonds. The van der Waals surface area contributed by atoms with Gasteiger partial charge in [-0.3, -0.25) is 9.69 Å². The number of nitriles is 1. The highest BCUT2D eigenvalue weighted by molar-refractivity contribution is 5.78. The van der Waals surface area contributed by atoms with E-state index in [1.165, 1.54) is 12.1 Å². The molecule has 0 N–H and O–H groups in total. The van der Waals surface area contributed by atoms with E-state index in [0.717, 1.165) is 5.56 Å². The Balaban J connectivity index is 1.93. The zero-order valence-corrected chi connectivity index (χ0v) is 14.2. The van der Waals surface area contributed by atoms with Gasteiger partial charge in [-0.2, -0.15) is 5.26 Å². The summed E-state index contributed by atoms with van der Waals surface area (Å²) in [6.07, 6.45) is -0.153. The van der Waals surface area contributed by atoms with Crippen LogP contribution in [0.3, 0.4) is 0 Å². The third-order valence-corrected chi connectivity index (χ3v) is 4.20. The largest absolute Gasteiger partial charge is 0.371 e. The van der Waals surface area contributed by atoms with Crippen molar-refractivity contribution in [3.63, 3.8) is 0 Å². The van der Waals surface area contributed by atoms with Crippen LogP contribution in [-0.2, 0) is 9.53 Å². The van der Waals surface area contributed by atoms with Crippen LogP contribution in [0.25, 0.3) is 0 Å². The van der Waals surface area contributed by atoms with E-state index in [4.69, 9.17) is 10.00 Å². The number of halogens is 1. The van der Waals surface area contributed by atoms with E-state index in [1.54, 1.807) is 17.0 Å². The minimum atomic E-state index is -0.271. The van der Waals surface area contributed by atoms with Gasteiger partial charge in [-0.15, -0.1) is 0 Å². The lowest BCUT2D eigenvalue weighted by molar-refractivity contribution is -0.134. The van der Waals surface area contributed by atoms with E-state index in [-0.39, 0.29) is 23.7 Å². The van der Waals surface area contributed by atoms with E-state index in [0.29, 0.717) is 39.3 Å². The van der Waals surface area contributed by atoms with Gasteiger partial charge in [0.15, 0.2) is 0 Å². The fraction of sp³-hybridized carbons (Fsp3) is 0.556. The van der Waals surface area contributed by atoms with E-state index < -0.39 is 0 Å². The summed E-state index contributed by atoms with van der Waals surface area (Å²) in [5.74, 6) is -0.420. The van der Waals surface area contributed by atoms with Crippen LogP contribution in [-0.4, -0.2) is 55.0 Å². The Morgan fingerprint density at radius 3 is 2.83 bits per heavy atom. The molecule has 1 saturated heterocycles. The van der Waals surface area contributed by atoms with Gasteiger partial charge in [0.1, 0.15) is 5.82 Å². The Morgan fingerprint density at radius 1 is 1.50 bits per heavy atom. The minimum absolute atomic E-state index is 0.0272. The van der Waals surface area contributed by atoms with Crippen molar-refractivity contribution in [3.8, 4) is 6.07 Å². The van der Waals surface area contributed by atoms with Crippen LogP contribution in [0.4, 0.5) is 4.39 Å². The monoisotopic (exact) mass is 333 g/mol. The fourth-order valence-electron chi connectivity index (χ4n) is 2.80. The second-order valence-electron chi connectivity index (χ2n) is 6.11. The smallest absolute Gasteiger partial charge is 0.236 e. The van der Waals surface area contributed by atoms with E-state index in [1.807, 2.05) is 13.8 Å². The number of morpholine rings is 1. The van der Waals surface area contributed by atoms with Crippen LogP contribution in [0.15, 0.2) is 24.3 Å². The number of carbonyl (C=O) groups is 1. The quantitative estimate of drug-likeness (QED) is 0.801. The Morgan fingerprint density at radius 2 is 2.21 bits per heavy atom. The van der Waals surface area contributed by atoms with Crippen molar-refractivity contribution < 1.29 is 13.9 Å². The van der Waals surface area contributed by atoms with Crippen LogP contribution < -0.4 is 0 Å². The number of hydrogen-bond donors (Lipinski definition) is 0. The number of benzene rings is 1. The molecule has 24 heavy (non-hydrogen) atoms. The van der Waals surface area contributed by atoms with Gasteiger partial charge < -0.3 is 9.64 Å². The molecule has 1 aromatic carbocycles. The third kappa shape index (κ3) is 5.02. The van der Waals surface area contributed by atoms with Gasteiger partial charge >= 0.3 is 0 Å². The number of carbonyl (C=O) groups excluding carboxylic acids is 1. The lowest BCUT2D eigenvalue weighted by Crippen LogP contribution is -2.46. The van der Waals surface area contributed by atoms with Crippen LogP contribution in [0.2, 0.25) is 0 Å². The zero-order chi connectivity index (χ0) is 17.5. The molecule has 1 heterocycles. The van der Waals surface area contributed by atoms with Crippen LogP contribution in [0, 0.1) is 23.1 Å². The molecule has 6 heteroatoms. The summed E-state index contributed by atoms with van der Waals surface area (Å²) in [6.45, 7) is 6.92. The SMILES string of the molecule is CCN(C[C@H](C)C#N)C(=O)CN1CCO[C@H](c2ccc(F)cc2)C1. The lowest BCUT2D eigenvalue weighted by Gasteiger charge is -2.34. The van der Waals surface area contributed by atoms with Gasteiger partial charge in [-0.05, 0) is 31.5 Å². The highest BCUT2D eigenvalue weighted by atomic mass is 19.1. The molecule has 0 bridgehead atoms. The van der Waals surface area contributed by atoms with Gasteiger partial charge in [0.2, 0.25) is 5.91 Å². The zero-order valence-electron chi connectivity index (χ0n) is 14.2. The molecule has 0 aromatic heterocycles. The van der Waals surface area contributed by atoms with E-state index in [2.05, 4.69) is 11.0 Å². The van der Waals surface area contributed by atoms with Crippen molar-refractivity contribution in [1.82, 2.24) is 9.80 Å². The maximum absolute atomic E-state index is 13.0. The van der Waals surface area contributed by atoms with Crippen molar-refractivity contribution in [3.05, 3.63) is 35.6 Å². The van der Waals surface area contributed by atoms with Crippen molar-refractivity contribution >= 4 is 5.91 Å². The number of likely N-dealkylation sites (N-methyl/N-ethyl adjacent to an activating group) is 1. The predicted molar refractivity (Wildman–Crippen MR) is 88.6 cm³/mol. The van der Waals surface area contributed by atoms with Crippen molar-refractivity contribution in [2.75, 3.05) is 39.3 Å². The van der Waals surface area contributed by atoms with E-state index in [9.17, 15) is 9.18 Å². The number of amides is 1. The van der Waals surface area contributed by atoms with E-state index >= 15 is 0 Å². The molecule has 2 rings (SSSR count). The number of nitrogens with zero attached hydrogens (tertiary/aromatic N) is 3. The highest BCUT2D eigenvalue weighted by Gasteiger charge is 2.25. The molecular weight excluding hydrogens is 309 g/mol. The summed E-state index contributed by atoms with van der Waals surface area (Å²) in [7, 11) is 0. The van der Waals surface area contributed by atoms with Crippen LogP contribution in [0.1, 0.15) is 25.5 Å². The molecule has 1 fully saturated rings. The topological polar surface area (TPSA) is 56.6 Å². The Labute approximate surface area is 142 Å². The van der Waals surface area contributed by atoms with Crippen molar-refractivity contribution in [1.29, 1.82) is 5.26 Å². The molecule has 0 saturated carbocycles. The molecule has 2 atom stereocenters. The van der Waals surface area contributed by atoms with Gasteiger partial charge in [0, 0.05) is 26.2 Å². The molecule has 0 aliphatic carbocycles. The first kappa shape index (κ1) is 18.4. The highest BCUT2D eigenvalue weighted by Crippen LogP contribution is 2.22. The first-order valence-corrected chi connectivity index (χ1v) is 8.30. The number of hydrogen-bond acceptors (Lipinski definition) is 4. The molecule has 1 aliphatic rings. The van der Waals surface area contributed by atoms with Gasteiger partial charge in [-0.1, -0.05) is 12.1 Å². The van der Waals surface area contributed by atoms with Gasteiger partial charge in [0.25, 0.3) is 0 Å². The van der Waals surface area contributed by atoms with Crippen LogP contribution >= 0.6 is 0 Å². The first-order valence-electron chi connectivity index (χ1n) is 8.30. The van der Waals surface area contributed by atoms with Crippen molar-refractivity contribution in [2.24, 2.45) is 5.92 Å².